The van der Waals surface area contributed by atoms with Crippen molar-refractivity contribution in [3.8, 4) is 5.75 Å². The lowest BCUT2D eigenvalue weighted by Crippen LogP contribution is -1.86. The van der Waals surface area contributed by atoms with E-state index in [0.717, 1.165) is 18.6 Å². The lowest BCUT2D eigenvalue weighted by atomic mass is 10.0. The molecule has 0 heterocycles. The molecule has 0 radical (unpaired) electrons. The van der Waals surface area contributed by atoms with Crippen molar-refractivity contribution >= 4 is 6.08 Å². The smallest absolute Gasteiger partial charge is 0.118 e. The van der Waals surface area contributed by atoms with Crippen LogP contribution >= 0.6 is 0 Å². The molecular formula is C22H28O. The number of aryl methyl sites for hydroxylation is 2. The molecule has 0 saturated carbocycles. The highest BCUT2D eigenvalue weighted by atomic mass is 16.5. The monoisotopic (exact) mass is 308 g/mol. The summed E-state index contributed by atoms with van der Waals surface area (Å²) in [7, 11) is 1.67. The molecule has 0 unspecified atom stereocenters. The first-order chi connectivity index (χ1) is 11.2. The second kappa shape index (κ2) is 11.3. The Labute approximate surface area is 141 Å². The van der Waals surface area contributed by atoms with Crippen LogP contribution in [0.25, 0.3) is 6.08 Å². The zero-order valence-corrected chi connectivity index (χ0v) is 14.8. The summed E-state index contributed by atoms with van der Waals surface area (Å²) in [4.78, 5) is 0. The molecule has 1 heteroatoms. The summed E-state index contributed by atoms with van der Waals surface area (Å²) < 4.78 is 5.02. The van der Waals surface area contributed by atoms with Crippen LogP contribution in [0.4, 0.5) is 0 Å². The van der Waals surface area contributed by atoms with Crippen LogP contribution in [0.5, 0.6) is 5.75 Å². The number of rotatable bonds is 5. The van der Waals surface area contributed by atoms with Crippen molar-refractivity contribution in [1.82, 2.24) is 0 Å². The van der Waals surface area contributed by atoms with Gasteiger partial charge >= 0.3 is 0 Å². The van der Waals surface area contributed by atoms with Gasteiger partial charge in [-0.05, 0) is 62.4 Å². The number of methoxy groups -OCH3 is 1. The summed E-state index contributed by atoms with van der Waals surface area (Å²) in [5.74, 6) is 0.901. The van der Waals surface area contributed by atoms with Gasteiger partial charge in [0.2, 0.25) is 0 Å². The largest absolute Gasteiger partial charge is 0.497 e. The van der Waals surface area contributed by atoms with Gasteiger partial charge < -0.3 is 4.74 Å². The van der Waals surface area contributed by atoms with E-state index in [1.807, 2.05) is 37.3 Å². The molecule has 2 aromatic rings. The summed E-state index contributed by atoms with van der Waals surface area (Å²) in [6.45, 7) is 6.24. The fourth-order valence-corrected chi connectivity index (χ4v) is 2.20. The van der Waals surface area contributed by atoms with Crippen molar-refractivity contribution in [3.63, 3.8) is 0 Å². The molecule has 0 aliphatic rings. The molecule has 1 nitrogen and oxygen atoms in total. The molecule has 0 aromatic heterocycles. The van der Waals surface area contributed by atoms with E-state index >= 15 is 0 Å². The first-order valence-corrected chi connectivity index (χ1v) is 8.13. The topological polar surface area (TPSA) is 9.23 Å². The maximum absolute atomic E-state index is 5.02. The van der Waals surface area contributed by atoms with E-state index in [-0.39, 0.29) is 0 Å². The van der Waals surface area contributed by atoms with Crippen molar-refractivity contribution in [3.05, 3.63) is 83.4 Å². The Morgan fingerprint density at radius 2 is 1.61 bits per heavy atom. The van der Waals surface area contributed by atoms with Gasteiger partial charge in [-0.1, -0.05) is 60.7 Å². The van der Waals surface area contributed by atoms with E-state index < -0.39 is 0 Å². The molecule has 122 valence electrons. The Balaban J connectivity index is 0.000000231. The first kappa shape index (κ1) is 18.8. The summed E-state index contributed by atoms with van der Waals surface area (Å²) in [6, 6.07) is 16.5. The maximum atomic E-state index is 5.02. The minimum Gasteiger partial charge on any atom is -0.497 e. The molecule has 2 rings (SSSR count). The van der Waals surface area contributed by atoms with Crippen LogP contribution in [0.15, 0.2) is 66.8 Å². The molecule has 0 bridgehead atoms. The average Bonchev–Trinajstić information content (AvgIpc) is 2.58. The Morgan fingerprint density at radius 3 is 2.17 bits per heavy atom. The second-order valence-electron chi connectivity index (χ2n) is 5.31. The molecular weight excluding hydrogens is 280 g/mol. The highest BCUT2D eigenvalue weighted by Crippen LogP contribution is 2.12. The molecule has 0 amide bonds. The van der Waals surface area contributed by atoms with Crippen LogP contribution in [-0.4, -0.2) is 7.11 Å². The van der Waals surface area contributed by atoms with Crippen molar-refractivity contribution in [2.75, 3.05) is 7.11 Å². The highest BCUT2D eigenvalue weighted by Gasteiger charge is 1.93. The van der Waals surface area contributed by atoms with Gasteiger partial charge in [-0.15, -0.1) is 0 Å². The van der Waals surface area contributed by atoms with Crippen LogP contribution in [-0.2, 0) is 6.42 Å². The molecule has 0 aliphatic heterocycles. The lowest BCUT2D eigenvalue weighted by Gasteiger charge is -2.01. The molecule has 0 fully saturated rings. The van der Waals surface area contributed by atoms with Gasteiger partial charge in [-0.25, -0.2) is 0 Å². The molecule has 23 heavy (non-hydrogen) atoms. The molecule has 0 aliphatic carbocycles. The number of benzene rings is 2. The van der Waals surface area contributed by atoms with Gasteiger partial charge in [0, 0.05) is 0 Å². The van der Waals surface area contributed by atoms with Crippen molar-refractivity contribution < 1.29 is 4.74 Å². The molecule has 0 N–H and O–H groups in total. The van der Waals surface area contributed by atoms with Crippen molar-refractivity contribution in [2.24, 2.45) is 0 Å². The van der Waals surface area contributed by atoms with Crippen molar-refractivity contribution in [1.29, 1.82) is 0 Å². The standard InChI is InChI=1S/C12H16.C10H12O/c1-3-4-5-9-12-10-7-6-8-11(12)2;1-3-4-9-5-7-10(11-2)8-6-9/h3-4,6-8,10H,5,9H2,1-2H3;3-8H,1-2H3/b;4-3+. The van der Waals surface area contributed by atoms with Gasteiger partial charge in [0.15, 0.2) is 0 Å². The van der Waals surface area contributed by atoms with E-state index in [0.29, 0.717) is 0 Å². The summed E-state index contributed by atoms with van der Waals surface area (Å²) >= 11 is 0. The third kappa shape index (κ3) is 7.51. The van der Waals surface area contributed by atoms with Gasteiger partial charge in [0.25, 0.3) is 0 Å². The van der Waals surface area contributed by atoms with E-state index in [2.05, 4.69) is 56.3 Å². The zero-order chi connectivity index (χ0) is 16.9. The quantitative estimate of drug-likeness (QED) is 0.595. The van der Waals surface area contributed by atoms with E-state index in [9.17, 15) is 0 Å². The number of ether oxygens (including phenoxy) is 1. The van der Waals surface area contributed by atoms with Crippen LogP contribution in [0.1, 0.15) is 37.0 Å². The summed E-state index contributed by atoms with van der Waals surface area (Å²) in [5.41, 5.74) is 4.07. The van der Waals surface area contributed by atoms with E-state index in [1.165, 1.54) is 16.7 Å². The van der Waals surface area contributed by atoms with E-state index in [4.69, 9.17) is 4.74 Å². The van der Waals surface area contributed by atoms with Crippen LogP contribution in [0.2, 0.25) is 0 Å². The van der Waals surface area contributed by atoms with Crippen LogP contribution in [0.3, 0.4) is 0 Å². The normalized spacial score (nSPS) is 10.6. The van der Waals surface area contributed by atoms with Gasteiger partial charge in [-0.2, -0.15) is 0 Å². The average molecular weight is 308 g/mol. The molecule has 0 atom stereocenters. The fourth-order valence-electron chi connectivity index (χ4n) is 2.20. The third-order valence-electron chi connectivity index (χ3n) is 3.55. The van der Waals surface area contributed by atoms with Gasteiger partial charge in [0.1, 0.15) is 5.75 Å². The number of hydrogen-bond donors (Lipinski definition) is 0. The highest BCUT2D eigenvalue weighted by molar-refractivity contribution is 5.50. The Hall–Kier alpha value is -2.28. The predicted octanol–water partition coefficient (Wildman–Crippen LogP) is 6.23. The third-order valence-corrected chi connectivity index (χ3v) is 3.55. The number of allylic oxidation sites excluding steroid dienone is 3. The molecule has 0 saturated heterocycles. The maximum Gasteiger partial charge on any atom is 0.118 e. The van der Waals surface area contributed by atoms with Gasteiger partial charge in [0.05, 0.1) is 7.11 Å². The van der Waals surface area contributed by atoms with Crippen LogP contribution in [0, 0.1) is 6.92 Å². The lowest BCUT2D eigenvalue weighted by molar-refractivity contribution is 0.415. The number of hydrogen-bond acceptors (Lipinski definition) is 1. The Bertz CT molecular complexity index is 606. The van der Waals surface area contributed by atoms with Gasteiger partial charge in [-0.3, -0.25) is 0 Å². The first-order valence-electron chi connectivity index (χ1n) is 8.13. The Kier molecular flexibility index (Phi) is 9.23. The SMILES string of the molecule is C/C=C/c1ccc(OC)cc1.CC=CCCc1ccccc1C. The second-order valence-corrected chi connectivity index (χ2v) is 5.31. The minimum atomic E-state index is 0.901. The zero-order valence-electron chi connectivity index (χ0n) is 14.8. The van der Waals surface area contributed by atoms with Crippen LogP contribution < -0.4 is 4.74 Å². The molecule has 2 aromatic carbocycles. The van der Waals surface area contributed by atoms with E-state index in [1.54, 1.807) is 7.11 Å². The predicted molar refractivity (Wildman–Crippen MR) is 102 cm³/mol. The minimum absolute atomic E-state index is 0.901. The van der Waals surface area contributed by atoms with Crippen molar-refractivity contribution in [2.45, 2.75) is 33.6 Å². The fraction of sp³-hybridized carbons (Fsp3) is 0.273. The summed E-state index contributed by atoms with van der Waals surface area (Å²) in [6.07, 6.45) is 10.7. The summed E-state index contributed by atoms with van der Waals surface area (Å²) in [5, 5.41) is 0. The molecule has 0 spiro atoms. The Morgan fingerprint density at radius 1 is 0.913 bits per heavy atom.